The highest BCUT2D eigenvalue weighted by Crippen LogP contribution is 2.45. The lowest BCUT2D eigenvalue weighted by atomic mass is 9.62. The summed E-state index contributed by atoms with van der Waals surface area (Å²) < 4.78 is 0. The number of carbonyl (C=O) groups excluding carboxylic acids is 2. The summed E-state index contributed by atoms with van der Waals surface area (Å²) >= 11 is 0. The molecule has 2 unspecified atom stereocenters. The normalized spacial score (nSPS) is 21.7. The van der Waals surface area contributed by atoms with E-state index >= 15 is 0 Å². The minimum atomic E-state index is -0.362. The molecule has 0 aromatic rings. The van der Waals surface area contributed by atoms with E-state index in [0.717, 1.165) is 19.3 Å². The average Bonchev–Trinajstić information content (AvgIpc) is 2.59. The molecule has 10 heteroatoms. The summed E-state index contributed by atoms with van der Waals surface area (Å²) in [5, 5.41) is 6.06. The third-order valence-electron chi connectivity index (χ3n) is 5.44. The van der Waals surface area contributed by atoms with Crippen molar-refractivity contribution < 1.29 is 9.59 Å². The summed E-state index contributed by atoms with van der Waals surface area (Å²) in [5.74, 6) is 1.17. The van der Waals surface area contributed by atoms with Crippen molar-refractivity contribution in [3.05, 3.63) is 0 Å². The largest absolute Gasteiger partial charge is 0.349 e. The first kappa shape index (κ1) is 27.5. The van der Waals surface area contributed by atoms with Crippen LogP contribution in [0, 0.1) is 10.8 Å². The van der Waals surface area contributed by atoms with Crippen molar-refractivity contribution in [3.8, 4) is 0 Å². The third-order valence-corrected chi connectivity index (χ3v) is 5.44. The standard InChI is InChI=1S/C22H44N8O2/c1-21(2)12-16(24-18(32)26-20(29(8)9)30(10)11)13-22(3,14-21)15-23-17(31)25-19(27(4)5)28(6)7/h16H,12-15H2,1-11H3,(H,23,31)(H,24,32). The van der Waals surface area contributed by atoms with Gasteiger partial charge in [-0.05, 0) is 30.1 Å². The second kappa shape index (κ2) is 10.9. The van der Waals surface area contributed by atoms with Gasteiger partial charge in [-0.3, -0.25) is 0 Å². The number of carbonyl (C=O) groups is 2. The lowest BCUT2D eigenvalue weighted by Crippen LogP contribution is -2.50. The van der Waals surface area contributed by atoms with Crippen LogP contribution in [0.25, 0.3) is 0 Å². The highest BCUT2D eigenvalue weighted by molar-refractivity contribution is 5.92. The molecule has 1 aliphatic carbocycles. The molecule has 184 valence electrons. The Morgan fingerprint density at radius 3 is 1.66 bits per heavy atom. The molecule has 10 nitrogen and oxygen atoms in total. The van der Waals surface area contributed by atoms with Crippen LogP contribution in [0.15, 0.2) is 9.98 Å². The first-order valence-corrected chi connectivity index (χ1v) is 11.0. The fourth-order valence-electron chi connectivity index (χ4n) is 4.79. The van der Waals surface area contributed by atoms with Crippen molar-refractivity contribution >= 4 is 24.0 Å². The molecule has 1 saturated carbocycles. The molecule has 0 bridgehead atoms. The highest BCUT2D eigenvalue weighted by atomic mass is 16.2. The van der Waals surface area contributed by atoms with E-state index in [4.69, 9.17) is 0 Å². The lowest BCUT2D eigenvalue weighted by molar-refractivity contribution is 0.0757. The van der Waals surface area contributed by atoms with Crippen LogP contribution < -0.4 is 10.6 Å². The molecule has 2 atom stereocenters. The Bertz CT molecular complexity index is 707. The zero-order chi connectivity index (χ0) is 24.9. The van der Waals surface area contributed by atoms with Gasteiger partial charge >= 0.3 is 12.1 Å². The van der Waals surface area contributed by atoms with E-state index < -0.39 is 0 Å². The number of rotatable bonds is 3. The van der Waals surface area contributed by atoms with E-state index in [0.29, 0.717) is 18.5 Å². The number of nitrogens with zero attached hydrogens (tertiary/aromatic N) is 6. The lowest BCUT2D eigenvalue weighted by Gasteiger charge is -2.46. The van der Waals surface area contributed by atoms with Gasteiger partial charge in [0.25, 0.3) is 0 Å². The topological polar surface area (TPSA) is 95.9 Å². The van der Waals surface area contributed by atoms with E-state index in [1.165, 1.54) is 0 Å². The number of aliphatic imine (C=N–C) groups is 2. The predicted molar refractivity (Wildman–Crippen MR) is 131 cm³/mol. The highest BCUT2D eigenvalue weighted by Gasteiger charge is 2.42. The van der Waals surface area contributed by atoms with Gasteiger partial charge in [0.15, 0.2) is 0 Å². The van der Waals surface area contributed by atoms with Crippen LogP contribution in [0.2, 0.25) is 0 Å². The van der Waals surface area contributed by atoms with Crippen molar-refractivity contribution in [2.75, 3.05) is 62.9 Å². The van der Waals surface area contributed by atoms with E-state index in [2.05, 4.69) is 41.4 Å². The van der Waals surface area contributed by atoms with Crippen LogP contribution in [0.4, 0.5) is 9.59 Å². The smallest absolute Gasteiger partial charge is 0.344 e. The Hall–Kier alpha value is -2.52. The summed E-state index contributed by atoms with van der Waals surface area (Å²) in [5.41, 5.74) is -0.149. The Morgan fingerprint density at radius 2 is 1.22 bits per heavy atom. The van der Waals surface area contributed by atoms with Gasteiger partial charge < -0.3 is 30.2 Å². The second-order valence-electron chi connectivity index (χ2n) is 10.8. The van der Waals surface area contributed by atoms with Crippen molar-refractivity contribution in [1.29, 1.82) is 0 Å². The number of hydrogen-bond acceptors (Lipinski definition) is 2. The molecule has 0 aromatic heterocycles. The molecule has 2 N–H and O–H groups in total. The molecule has 0 saturated heterocycles. The van der Waals surface area contributed by atoms with Gasteiger partial charge in [0.05, 0.1) is 0 Å². The zero-order valence-corrected chi connectivity index (χ0v) is 21.9. The molecule has 1 fully saturated rings. The van der Waals surface area contributed by atoms with Crippen molar-refractivity contribution in [2.24, 2.45) is 20.8 Å². The maximum Gasteiger partial charge on any atom is 0.344 e. The number of nitrogens with one attached hydrogen (secondary N) is 2. The van der Waals surface area contributed by atoms with Gasteiger partial charge in [0.1, 0.15) is 0 Å². The number of guanidine groups is 2. The van der Waals surface area contributed by atoms with Crippen molar-refractivity contribution in [1.82, 2.24) is 30.2 Å². The van der Waals surface area contributed by atoms with Crippen LogP contribution in [0.1, 0.15) is 40.0 Å². The molecule has 0 heterocycles. The fraction of sp³-hybridized carbons (Fsp3) is 0.818. The van der Waals surface area contributed by atoms with Crippen molar-refractivity contribution in [2.45, 2.75) is 46.1 Å². The Kier molecular flexibility index (Phi) is 9.35. The van der Waals surface area contributed by atoms with Crippen LogP contribution in [0.5, 0.6) is 0 Å². The molecule has 1 rings (SSSR count). The third kappa shape index (κ3) is 8.55. The summed E-state index contributed by atoms with van der Waals surface area (Å²) in [6, 6.07) is -0.730. The van der Waals surface area contributed by atoms with Crippen LogP contribution >= 0.6 is 0 Å². The monoisotopic (exact) mass is 452 g/mol. The molecule has 4 amide bonds. The SMILES string of the molecule is CN(C)C(=NC(=O)NCC1(C)CC(NC(=O)N=C(N(C)C)N(C)C)CC(C)(C)C1)N(C)C. The van der Waals surface area contributed by atoms with Gasteiger partial charge in [-0.1, -0.05) is 20.8 Å². The minimum Gasteiger partial charge on any atom is -0.349 e. The summed E-state index contributed by atoms with van der Waals surface area (Å²) in [4.78, 5) is 40.7. The second-order valence-corrected chi connectivity index (χ2v) is 10.8. The molecule has 0 aromatic carbocycles. The van der Waals surface area contributed by atoms with Crippen LogP contribution in [0.3, 0.4) is 0 Å². The van der Waals surface area contributed by atoms with E-state index in [1.54, 1.807) is 19.6 Å². The molecular weight excluding hydrogens is 408 g/mol. The molecule has 1 aliphatic rings. The van der Waals surface area contributed by atoms with Gasteiger partial charge in [-0.25, -0.2) is 9.59 Å². The maximum absolute atomic E-state index is 12.6. The average molecular weight is 453 g/mol. The minimum absolute atomic E-state index is 0.0208. The fourth-order valence-corrected chi connectivity index (χ4v) is 4.79. The van der Waals surface area contributed by atoms with Gasteiger partial charge in [-0.15, -0.1) is 0 Å². The summed E-state index contributed by atoms with van der Waals surface area (Å²) in [6.07, 6.45) is 2.56. The summed E-state index contributed by atoms with van der Waals surface area (Å²) in [7, 11) is 14.8. The Morgan fingerprint density at radius 1 is 0.781 bits per heavy atom. The quantitative estimate of drug-likeness (QED) is 0.502. The predicted octanol–water partition coefficient (Wildman–Crippen LogP) is 1.95. The summed E-state index contributed by atoms with van der Waals surface area (Å²) in [6.45, 7) is 7.05. The van der Waals surface area contributed by atoms with Crippen molar-refractivity contribution in [3.63, 3.8) is 0 Å². The molecule has 0 aliphatic heterocycles. The van der Waals surface area contributed by atoms with Crippen LogP contribution in [-0.4, -0.2) is 113 Å². The van der Waals surface area contributed by atoms with Gasteiger partial charge in [0, 0.05) is 69.0 Å². The first-order valence-electron chi connectivity index (χ1n) is 11.0. The van der Waals surface area contributed by atoms with Gasteiger partial charge in [-0.2, -0.15) is 9.98 Å². The first-order chi connectivity index (χ1) is 14.5. The Labute approximate surface area is 194 Å². The maximum atomic E-state index is 12.6. The number of urea groups is 2. The van der Waals surface area contributed by atoms with E-state index in [9.17, 15) is 9.59 Å². The molecule has 0 radical (unpaired) electrons. The zero-order valence-electron chi connectivity index (χ0n) is 21.9. The number of hydrogen-bond donors (Lipinski definition) is 2. The molecular formula is C22H44N8O2. The van der Waals surface area contributed by atoms with E-state index in [1.807, 2.05) is 56.4 Å². The van der Waals surface area contributed by atoms with Gasteiger partial charge in [0.2, 0.25) is 11.9 Å². The molecule has 0 spiro atoms. The molecule has 32 heavy (non-hydrogen) atoms. The van der Waals surface area contributed by atoms with E-state index in [-0.39, 0.29) is 28.9 Å². The van der Waals surface area contributed by atoms with Crippen LogP contribution in [-0.2, 0) is 0 Å². The Balaban J connectivity index is 2.90. The number of amides is 4.